The molecule has 0 spiro atoms. The highest BCUT2D eigenvalue weighted by Crippen LogP contribution is 2.40. The van der Waals surface area contributed by atoms with Gasteiger partial charge in [0.1, 0.15) is 18.1 Å². The first kappa shape index (κ1) is 17.9. The van der Waals surface area contributed by atoms with E-state index in [0.717, 1.165) is 24.3 Å². The second kappa shape index (κ2) is 8.01. The maximum Gasteiger partial charge on any atom is 0.119 e. The smallest absolute Gasteiger partial charge is 0.119 e. The predicted octanol–water partition coefficient (Wildman–Crippen LogP) is 6.37. The number of fused-ring (bicyclic) bond motifs is 1. The topological polar surface area (TPSA) is 18.5 Å². The van der Waals surface area contributed by atoms with Crippen molar-refractivity contribution in [2.24, 2.45) is 0 Å². The van der Waals surface area contributed by atoms with E-state index in [4.69, 9.17) is 9.47 Å². The van der Waals surface area contributed by atoms with E-state index in [2.05, 4.69) is 52.3 Å². The summed E-state index contributed by atoms with van der Waals surface area (Å²) in [5.41, 5.74) is 6.22. The summed E-state index contributed by atoms with van der Waals surface area (Å²) in [5.74, 6) is 1.79. The van der Waals surface area contributed by atoms with E-state index in [0.29, 0.717) is 6.61 Å². The van der Waals surface area contributed by atoms with Crippen LogP contribution in [0.2, 0.25) is 0 Å². The molecule has 3 aromatic rings. The Labute approximate surface area is 168 Å². The van der Waals surface area contributed by atoms with Gasteiger partial charge in [0.25, 0.3) is 0 Å². The number of benzene rings is 3. The number of aryl methyl sites for hydroxylation is 1. The third-order valence-corrected chi connectivity index (χ3v) is 5.65. The van der Waals surface area contributed by atoms with Gasteiger partial charge in [-0.25, -0.2) is 0 Å². The van der Waals surface area contributed by atoms with E-state index >= 15 is 0 Å². The molecule has 0 heterocycles. The van der Waals surface area contributed by atoms with Crippen LogP contribution >= 0.6 is 15.9 Å². The fourth-order valence-electron chi connectivity index (χ4n) is 3.43. The second-order valence-corrected chi connectivity index (χ2v) is 7.56. The van der Waals surface area contributed by atoms with Gasteiger partial charge in [-0.15, -0.1) is 0 Å². The van der Waals surface area contributed by atoms with E-state index in [1.54, 1.807) is 7.11 Å². The third-order valence-electron chi connectivity index (χ3n) is 4.86. The summed E-state index contributed by atoms with van der Waals surface area (Å²) in [6, 6.07) is 24.9. The Bertz CT molecular complexity index is 959. The molecule has 4 rings (SSSR count). The van der Waals surface area contributed by atoms with Gasteiger partial charge in [-0.2, -0.15) is 0 Å². The van der Waals surface area contributed by atoms with Crippen LogP contribution in [-0.2, 0) is 13.0 Å². The van der Waals surface area contributed by atoms with Crippen LogP contribution in [0.15, 0.2) is 77.3 Å². The van der Waals surface area contributed by atoms with Crippen LogP contribution in [0.4, 0.5) is 0 Å². The fraction of sp³-hybridized carbons (Fsp3) is 0.167. The maximum absolute atomic E-state index is 5.92. The molecular weight excluding hydrogens is 400 g/mol. The van der Waals surface area contributed by atoms with E-state index < -0.39 is 0 Å². The van der Waals surface area contributed by atoms with E-state index in [1.807, 2.05) is 36.4 Å². The minimum absolute atomic E-state index is 0.579. The summed E-state index contributed by atoms with van der Waals surface area (Å²) in [5, 5.41) is 0. The molecule has 0 fully saturated rings. The molecule has 1 aliphatic rings. The number of ether oxygens (including phenoxy) is 2. The Hall–Kier alpha value is -2.52. The number of methoxy groups -OCH3 is 1. The Morgan fingerprint density at radius 2 is 1.59 bits per heavy atom. The lowest BCUT2D eigenvalue weighted by Crippen LogP contribution is -2.04. The summed E-state index contributed by atoms with van der Waals surface area (Å²) in [6.07, 6.45) is 2.02. The summed E-state index contributed by atoms with van der Waals surface area (Å²) in [6.45, 7) is 0.579. The van der Waals surface area contributed by atoms with Gasteiger partial charge in [-0.05, 0) is 64.9 Å². The molecule has 136 valence electrons. The standard InChI is InChI=1S/C24H21BrO2/c1-26-21-12-13-22-19(15-21)9-14-23(25)24(22)18-7-10-20(11-8-18)27-16-17-5-3-2-4-6-17/h2-8,10-13,15H,9,14,16H2,1H3. The highest BCUT2D eigenvalue weighted by Gasteiger charge is 2.19. The monoisotopic (exact) mass is 420 g/mol. The van der Waals surface area contributed by atoms with Crippen molar-refractivity contribution in [3.8, 4) is 11.5 Å². The van der Waals surface area contributed by atoms with Crippen LogP contribution in [0.3, 0.4) is 0 Å². The van der Waals surface area contributed by atoms with Crippen molar-refractivity contribution >= 4 is 21.5 Å². The van der Waals surface area contributed by atoms with Gasteiger partial charge in [0.05, 0.1) is 7.11 Å². The molecule has 0 N–H and O–H groups in total. The van der Waals surface area contributed by atoms with Gasteiger partial charge in [0.2, 0.25) is 0 Å². The van der Waals surface area contributed by atoms with Crippen molar-refractivity contribution in [3.63, 3.8) is 0 Å². The zero-order chi connectivity index (χ0) is 18.6. The van der Waals surface area contributed by atoms with Crippen LogP contribution in [-0.4, -0.2) is 7.11 Å². The normalized spacial score (nSPS) is 13.3. The molecule has 0 saturated heterocycles. The Morgan fingerprint density at radius 3 is 2.33 bits per heavy atom. The summed E-state index contributed by atoms with van der Waals surface area (Å²) < 4.78 is 12.5. The van der Waals surface area contributed by atoms with Crippen LogP contribution in [0.1, 0.15) is 28.7 Å². The zero-order valence-corrected chi connectivity index (χ0v) is 16.8. The Kier molecular flexibility index (Phi) is 5.30. The third kappa shape index (κ3) is 3.93. The van der Waals surface area contributed by atoms with Gasteiger partial charge in [0, 0.05) is 4.48 Å². The molecule has 0 aromatic heterocycles. The fourth-order valence-corrected chi connectivity index (χ4v) is 4.07. The lowest BCUT2D eigenvalue weighted by Gasteiger charge is -2.22. The first-order chi connectivity index (χ1) is 13.2. The first-order valence-corrected chi connectivity index (χ1v) is 9.87. The minimum Gasteiger partial charge on any atom is -0.497 e. The van der Waals surface area contributed by atoms with Gasteiger partial charge >= 0.3 is 0 Å². The van der Waals surface area contributed by atoms with Gasteiger partial charge in [-0.3, -0.25) is 0 Å². The largest absolute Gasteiger partial charge is 0.497 e. The zero-order valence-electron chi connectivity index (χ0n) is 15.2. The summed E-state index contributed by atoms with van der Waals surface area (Å²) in [4.78, 5) is 0. The molecule has 0 aliphatic heterocycles. The highest BCUT2D eigenvalue weighted by atomic mass is 79.9. The molecule has 0 amide bonds. The van der Waals surface area contributed by atoms with Crippen LogP contribution in [0.5, 0.6) is 11.5 Å². The molecule has 0 atom stereocenters. The highest BCUT2D eigenvalue weighted by molar-refractivity contribution is 9.11. The molecule has 0 radical (unpaired) electrons. The molecule has 27 heavy (non-hydrogen) atoms. The van der Waals surface area contributed by atoms with Crippen molar-refractivity contribution < 1.29 is 9.47 Å². The summed E-state index contributed by atoms with van der Waals surface area (Å²) in [7, 11) is 1.71. The lowest BCUT2D eigenvalue weighted by atomic mass is 9.87. The quantitative estimate of drug-likeness (QED) is 0.476. The molecule has 1 aliphatic carbocycles. The van der Waals surface area contributed by atoms with Crippen LogP contribution < -0.4 is 9.47 Å². The van der Waals surface area contributed by atoms with E-state index in [9.17, 15) is 0 Å². The molecule has 2 nitrogen and oxygen atoms in total. The second-order valence-electron chi connectivity index (χ2n) is 6.60. The Morgan fingerprint density at radius 1 is 0.852 bits per heavy atom. The van der Waals surface area contributed by atoms with Gasteiger partial charge in [-0.1, -0.05) is 64.5 Å². The number of allylic oxidation sites excluding steroid dienone is 1. The molecule has 3 aromatic carbocycles. The molecule has 0 unspecified atom stereocenters. The number of rotatable bonds is 5. The Balaban J connectivity index is 1.56. The molecular formula is C24H21BrO2. The van der Waals surface area contributed by atoms with Crippen molar-refractivity contribution in [2.45, 2.75) is 19.4 Å². The number of hydrogen-bond donors (Lipinski definition) is 0. The van der Waals surface area contributed by atoms with E-state index in [-0.39, 0.29) is 0 Å². The van der Waals surface area contributed by atoms with Crippen molar-refractivity contribution in [3.05, 3.63) is 99.5 Å². The first-order valence-electron chi connectivity index (χ1n) is 9.07. The average Bonchev–Trinajstić information content (AvgIpc) is 2.73. The summed E-state index contributed by atoms with van der Waals surface area (Å²) >= 11 is 3.79. The lowest BCUT2D eigenvalue weighted by molar-refractivity contribution is 0.306. The number of halogens is 1. The minimum atomic E-state index is 0.579. The van der Waals surface area contributed by atoms with Gasteiger partial charge < -0.3 is 9.47 Å². The van der Waals surface area contributed by atoms with Crippen LogP contribution in [0.25, 0.3) is 5.57 Å². The molecule has 3 heteroatoms. The molecule has 0 saturated carbocycles. The van der Waals surface area contributed by atoms with Crippen LogP contribution in [0, 0.1) is 0 Å². The number of hydrogen-bond acceptors (Lipinski definition) is 2. The van der Waals surface area contributed by atoms with E-state index in [1.165, 1.54) is 32.3 Å². The maximum atomic E-state index is 5.92. The molecule has 0 bridgehead atoms. The van der Waals surface area contributed by atoms with Crippen molar-refractivity contribution in [1.82, 2.24) is 0 Å². The average molecular weight is 421 g/mol. The van der Waals surface area contributed by atoms with Crippen molar-refractivity contribution in [1.29, 1.82) is 0 Å². The predicted molar refractivity (Wildman–Crippen MR) is 113 cm³/mol. The van der Waals surface area contributed by atoms with Gasteiger partial charge in [0.15, 0.2) is 0 Å². The van der Waals surface area contributed by atoms with Crippen molar-refractivity contribution in [2.75, 3.05) is 7.11 Å². The SMILES string of the molecule is COc1ccc2c(c1)CCC(Br)=C2c1ccc(OCc2ccccc2)cc1.